The van der Waals surface area contributed by atoms with E-state index in [1.54, 1.807) is 6.07 Å². The monoisotopic (exact) mass is 270 g/mol. The fourth-order valence-electron chi connectivity index (χ4n) is 0.835. The van der Waals surface area contributed by atoms with Crippen molar-refractivity contribution in [1.82, 2.24) is 0 Å². The topological polar surface area (TPSA) is 9.23 Å². The molecule has 0 aliphatic rings. The molecule has 0 unspecified atom stereocenters. The Kier molecular flexibility index (Phi) is 7.88. The molecule has 1 nitrogen and oxygen atoms in total. The van der Waals surface area contributed by atoms with E-state index in [4.69, 9.17) is 4.74 Å². The normalized spacial score (nSPS) is 9.71. The molecule has 0 aliphatic heterocycles. The standard InChI is InChI=1S/C10H12FO.BrH.Mg/c1-10(2,3)12-9-6-4-5-8(11)7-9;;/h5-7H,1-3H3;1H;/q-1;;+2/p-1. The zero-order valence-corrected chi connectivity index (χ0v) is 11.6. The summed E-state index contributed by atoms with van der Waals surface area (Å²) in [6.07, 6.45) is 0. The zero-order chi connectivity index (χ0) is 9.19. The molecule has 0 N–H and O–H groups in total. The Hall–Kier alpha value is 0.196. The van der Waals surface area contributed by atoms with E-state index in [1.807, 2.05) is 20.8 Å². The molecule has 0 fully saturated rings. The summed E-state index contributed by atoms with van der Waals surface area (Å²) in [6.45, 7) is 5.74. The number of ether oxygens (including phenoxy) is 1. The Morgan fingerprint density at radius 2 is 1.86 bits per heavy atom. The van der Waals surface area contributed by atoms with Crippen LogP contribution in [0.25, 0.3) is 0 Å². The van der Waals surface area contributed by atoms with Crippen LogP contribution in [0.5, 0.6) is 5.75 Å². The molecule has 4 heteroatoms. The van der Waals surface area contributed by atoms with Gasteiger partial charge in [-0.15, -0.1) is 12.1 Å². The second kappa shape index (κ2) is 6.64. The molecule has 1 aromatic rings. The molecule has 0 saturated carbocycles. The van der Waals surface area contributed by atoms with E-state index >= 15 is 0 Å². The van der Waals surface area contributed by atoms with Crippen molar-refractivity contribution in [3.05, 3.63) is 30.1 Å². The first-order valence-electron chi connectivity index (χ1n) is 3.83. The third-order valence-electron chi connectivity index (χ3n) is 1.15. The third kappa shape index (κ3) is 6.62. The SMILES string of the molecule is CC(C)(C)Oc1c[c-]cc(F)c1.[Br-].[Mg+2]. The smallest absolute Gasteiger partial charge is 1.00 e. The van der Waals surface area contributed by atoms with Gasteiger partial charge in [0.25, 0.3) is 0 Å². The second-order valence-corrected chi connectivity index (χ2v) is 3.60. The second-order valence-electron chi connectivity index (χ2n) is 3.60. The predicted molar refractivity (Wildman–Crippen MR) is 51.4 cm³/mol. The van der Waals surface area contributed by atoms with Crippen molar-refractivity contribution in [2.75, 3.05) is 0 Å². The molecule has 0 aliphatic carbocycles. The molecule has 1 aromatic carbocycles. The molecule has 0 spiro atoms. The Morgan fingerprint density at radius 3 is 2.29 bits per heavy atom. The van der Waals surface area contributed by atoms with Crippen LogP contribution in [0.1, 0.15) is 20.8 Å². The summed E-state index contributed by atoms with van der Waals surface area (Å²) in [4.78, 5) is 0. The van der Waals surface area contributed by atoms with Gasteiger partial charge < -0.3 is 21.7 Å². The van der Waals surface area contributed by atoms with Gasteiger partial charge in [-0.05, 0) is 20.8 Å². The molecule has 0 bridgehead atoms. The molecular formula is C10H12BrFMgO. The summed E-state index contributed by atoms with van der Waals surface area (Å²) in [5.74, 6) is 0.194. The maximum atomic E-state index is 12.6. The van der Waals surface area contributed by atoms with Crippen LogP contribution in [0.3, 0.4) is 0 Å². The molecule has 0 saturated heterocycles. The van der Waals surface area contributed by atoms with Crippen molar-refractivity contribution in [3.63, 3.8) is 0 Å². The Labute approximate surface area is 111 Å². The van der Waals surface area contributed by atoms with Crippen LogP contribution in [-0.4, -0.2) is 28.7 Å². The van der Waals surface area contributed by atoms with Gasteiger partial charge in [-0.1, -0.05) is 6.07 Å². The third-order valence-corrected chi connectivity index (χ3v) is 1.15. The first kappa shape index (κ1) is 16.6. The van der Waals surface area contributed by atoms with Crippen LogP contribution < -0.4 is 21.7 Å². The van der Waals surface area contributed by atoms with Crippen molar-refractivity contribution in [2.24, 2.45) is 0 Å². The summed E-state index contributed by atoms with van der Waals surface area (Å²) in [5.41, 5.74) is -0.290. The average Bonchev–Trinajstić information content (AvgIpc) is 1.82. The molecule has 74 valence electrons. The quantitative estimate of drug-likeness (QED) is 0.491. The summed E-state index contributed by atoms with van der Waals surface area (Å²) < 4.78 is 18.0. The minimum atomic E-state index is -0.322. The van der Waals surface area contributed by atoms with Crippen LogP contribution in [0.2, 0.25) is 0 Å². The van der Waals surface area contributed by atoms with Gasteiger partial charge in [-0.25, -0.2) is 0 Å². The Bertz CT molecular complexity index is 273. The number of halogens is 2. The Balaban J connectivity index is 0. The fraction of sp³-hybridized carbons (Fsp3) is 0.400. The summed E-state index contributed by atoms with van der Waals surface area (Å²) in [5, 5.41) is 0. The van der Waals surface area contributed by atoms with Crippen LogP contribution in [0.4, 0.5) is 4.39 Å². The summed E-state index contributed by atoms with van der Waals surface area (Å²) in [6, 6.07) is 6.89. The van der Waals surface area contributed by atoms with Crippen LogP contribution in [0.15, 0.2) is 18.2 Å². The Morgan fingerprint density at radius 1 is 1.29 bits per heavy atom. The molecule has 0 amide bonds. The fourth-order valence-corrected chi connectivity index (χ4v) is 0.835. The minimum absolute atomic E-state index is 0. The largest absolute Gasteiger partial charge is 2.00 e. The zero-order valence-electron chi connectivity index (χ0n) is 8.60. The van der Waals surface area contributed by atoms with E-state index in [-0.39, 0.29) is 51.5 Å². The molecule has 0 radical (unpaired) electrons. The molecule has 0 heterocycles. The molecule has 0 atom stereocenters. The van der Waals surface area contributed by atoms with Gasteiger partial charge in [-0.3, -0.25) is 4.39 Å². The van der Waals surface area contributed by atoms with Gasteiger partial charge >= 0.3 is 23.1 Å². The molecule has 1 rings (SSSR count). The number of benzene rings is 1. The number of hydrogen-bond donors (Lipinski definition) is 0. The van der Waals surface area contributed by atoms with Gasteiger partial charge in [0.15, 0.2) is 0 Å². The van der Waals surface area contributed by atoms with E-state index < -0.39 is 0 Å². The van der Waals surface area contributed by atoms with E-state index in [2.05, 4.69) is 6.07 Å². The first-order valence-corrected chi connectivity index (χ1v) is 3.83. The maximum Gasteiger partial charge on any atom is 2.00 e. The van der Waals surface area contributed by atoms with E-state index in [1.165, 1.54) is 12.1 Å². The van der Waals surface area contributed by atoms with Gasteiger partial charge in [0.05, 0.1) is 5.60 Å². The van der Waals surface area contributed by atoms with Gasteiger partial charge in [-0.2, -0.15) is 6.07 Å². The molecule has 0 aromatic heterocycles. The average molecular weight is 271 g/mol. The first-order chi connectivity index (χ1) is 5.47. The number of rotatable bonds is 1. The number of hydrogen-bond acceptors (Lipinski definition) is 1. The summed E-state index contributed by atoms with van der Waals surface area (Å²) >= 11 is 0. The molecular weight excluding hydrogens is 259 g/mol. The van der Waals surface area contributed by atoms with Gasteiger partial charge in [0, 0.05) is 11.6 Å². The van der Waals surface area contributed by atoms with Crippen LogP contribution >= 0.6 is 0 Å². The predicted octanol–water partition coefficient (Wildman–Crippen LogP) is -0.574. The molecule has 14 heavy (non-hydrogen) atoms. The van der Waals surface area contributed by atoms with Crippen molar-refractivity contribution < 1.29 is 26.1 Å². The summed E-state index contributed by atoms with van der Waals surface area (Å²) in [7, 11) is 0. The maximum absolute atomic E-state index is 12.6. The minimum Gasteiger partial charge on any atom is -1.00 e. The van der Waals surface area contributed by atoms with Crippen LogP contribution in [-0.2, 0) is 0 Å². The van der Waals surface area contributed by atoms with E-state index in [0.29, 0.717) is 5.75 Å². The van der Waals surface area contributed by atoms with Crippen molar-refractivity contribution in [3.8, 4) is 5.75 Å². The van der Waals surface area contributed by atoms with Gasteiger partial charge in [0.1, 0.15) is 0 Å². The van der Waals surface area contributed by atoms with Gasteiger partial charge in [0.2, 0.25) is 0 Å². The van der Waals surface area contributed by atoms with E-state index in [0.717, 1.165) is 0 Å². The van der Waals surface area contributed by atoms with Crippen molar-refractivity contribution >= 4 is 23.1 Å². The van der Waals surface area contributed by atoms with Crippen molar-refractivity contribution in [1.29, 1.82) is 0 Å². The van der Waals surface area contributed by atoms with Crippen LogP contribution in [0, 0.1) is 11.9 Å². The van der Waals surface area contributed by atoms with Crippen molar-refractivity contribution in [2.45, 2.75) is 26.4 Å². The van der Waals surface area contributed by atoms with E-state index in [9.17, 15) is 4.39 Å².